The summed E-state index contributed by atoms with van der Waals surface area (Å²) in [4.78, 5) is 22.0. The Bertz CT molecular complexity index is 476. The lowest BCUT2D eigenvalue weighted by atomic mass is 10.1. The van der Waals surface area contributed by atoms with Gasteiger partial charge in [0.25, 0.3) is 0 Å². The first-order chi connectivity index (χ1) is 8.58. The summed E-state index contributed by atoms with van der Waals surface area (Å²) in [5.74, 6) is -0.590. The summed E-state index contributed by atoms with van der Waals surface area (Å²) < 4.78 is 10.4. The molecule has 0 saturated heterocycles. The number of carbonyl (C=O) groups excluding carboxylic acids is 1. The van der Waals surface area contributed by atoms with Crippen molar-refractivity contribution in [3.63, 3.8) is 0 Å². The standard InChI is InChI=1S/C13H14O5/c1-3-18-12-8-9(4-6-11(12)17-2)10(14)5-7-13(15)16/h4-8H,3H2,1-2H3,(H,15,16). The maximum Gasteiger partial charge on any atom is 0.328 e. The molecule has 18 heavy (non-hydrogen) atoms. The minimum Gasteiger partial charge on any atom is -0.493 e. The Morgan fingerprint density at radius 2 is 2.00 bits per heavy atom. The van der Waals surface area contributed by atoms with E-state index in [9.17, 15) is 9.59 Å². The average Bonchev–Trinajstić information content (AvgIpc) is 2.36. The van der Waals surface area contributed by atoms with E-state index in [4.69, 9.17) is 14.6 Å². The summed E-state index contributed by atoms with van der Waals surface area (Å²) in [6, 6.07) is 4.68. The lowest BCUT2D eigenvalue weighted by Crippen LogP contribution is -2.00. The second-order valence-corrected chi connectivity index (χ2v) is 3.33. The van der Waals surface area contributed by atoms with Gasteiger partial charge in [-0.25, -0.2) is 4.79 Å². The molecule has 0 unspecified atom stereocenters. The van der Waals surface area contributed by atoms with Crippen LogP contribution in [0, 0.1) is 0 Å². The van der Waals surface area contributed by atoms with Crippen LogP contribution in [0.5, 0.6) is 11.5 Å². The molecular weight excluding hydrogens is 236 g/mol. The van der Waals surface area contributed by atoms with Crippen LogP contribution in [0.4, 0.5) is 0 Å². The molecular formula is C13H14O5. The number of carboxylic acids is 1. The third-order valence-electron chi connectivity index (χ3n) is 2.13. The molecule has 0 aliphatic rings. The molecule has 5 heteroatoms. The van der Waals surface area contributed by atoms with Gasteiger partial charge in [0.1, 0.15) is 0 Å². The number of hydrogen-bond acceptors (Lipinski definition) is 4. The fourth-order valence-electron chi connectivity index (χ4n) is 1.34. The molecule has 1 aromatic rings. The van der Waals surface area contributed by atoms with Crippen molar-refractivity contribution in [2.45, 2.75) is 6.92 Å². The Morgan fingerprint density at radius 1 is 1.28 bits per heavy atom. The zero-order valence-corrected chi connectivity index (χ0v) is 10.2. The van der Waals surface area contributed by atoms with Crippen LogP contribution in [0.25, 0.3) is 0 Å². The molecule has 0 atom stereocenters. The van der Waals surface area contributed by atoms with Gasteiger partial charge in [-0.3, -0.25) is 4.79 Å². The number of carbonyl (C=O) groups is 2. The molecule has 1 N–H and O–H groups in total. The van der Waals surface area contributed by atoms with Gasteiger partial charge in [-0.2, -0.15) is 0 Å². The summed E-state index contributed by atoms with van der Waals surface area (Å²) in [7, 11) is 1.50. The molecule has 0 heterocycles. The van der Waals surface area contributed by atoms with E-state index >= 15 is 0 Å². The van der Waals surface area contributed by atoms with Crippen molar-refractivity contribution >= 4 is 11.8 Å². The van der Waals surface area contributed by atoms with E-state index in [1.165, 1.54) is 13.2 Å². The summed E-state index contributed by atoms with van der Waals surface area (Å²) in [6.07, 6.45) is 1.80. The SMILES string of the molecule is CCOc1cc(C(=O)C=CC(=O)O)ccc1OC. The van der Waals surface area contributed by atoms with E-state index in [2.05, 4.69) is 0 Å². The van der Waals surface area contributed by atoms with Crippen LogP contribution in [0.15, 0.2) is 30.4 Å². The number of ether oxygens (including phenoxy) is 2. The molecule has 0 radical (unpaired) electrons. The molecule has 0 fully saturated rings. The van der Waals surface area contributed by atoms with Crippen LogP contribution in [0.2, 0.25) is 0 Å². The molecule has 0 aliphatic heterocycles. The van der Waals surface area contributed by atoms with Crippen molar-refractivity contribution in [1.82, 2.24) is 0 Å². The fraction of sp³-hybridized carbons (Fsp3) is 0.231. The predicted octanol–water partition coefficient (Wildman–Crippen LogP) is 1.92. The van der Waals surface area contributed by atoms with E-state index in [0.29, 0.717) is 23.7 Å². The van der Waals surface area contributed by atoms with Crippen molar-refractivity contribution in [2.75, 3.05) is 13.7 Å². The monoisotopic (exact) mass is 250 g/mol. The highest BCUT2D eigenvalue weighted by atomic mass is 16.5. The maximum absolute atomic E-state index is 11.7. The van der Waals surface area contributed by atoms with E-state index in [1.54, 1.807) is 12.1 Å². The van der Waals surface area contributed by atoms with E-state index in [0.717, 1.165) is 12.2 Å². The normalized spacial score (nSPS) is 10.3. The summed E-state index contributed by atoms with van der Waals surface area (Å²) in [5.41, 5.74) is 0.344. The predicted molar refractivity (Wildman–Crippen MR) is 65.3 cm³/mol. The lowest BCUT2D eigenvalue weighted by molar-refractivity contribution is -0.131. The first-order valence-corrected chi connectivity index (χ1v) is 5.34. The highest BCUT2D eigenvalue weighted by Crippen LogP contribution is 2.28. The van der Waals surface area contributed by atoms with Gasteiger partial charge in [0.2, 0.25) is 0 Å². The van der Waals surface area contributed by atoms with Crippen LogP contribution >= 0.6 is 0 Å². The minimum atomic E-state index is -1.16. The molecule has 0 bridgehead atoms. The Labute approximate surface area is 105 Å². The highest BCUT2D eigenvalue weighted by Gasteiger charge is 2.09. The topological polar surface area (TPSA) is 72.8 Å². The number of methoxy groups -OCH3 is 1. The summed E-state index contributed by atoms with van der Waals surface area (Å²) in [5, 5.41) is 8.45. The number of ketones is 1. The third-order valence-corrected chi connectivity index (χ3v) is 2.13. The number of benzene rings is 1. The van der Waals surface area contributed by atoms with Crippen LogP contribution < -0.4 is 9.47 Å². The minimum absolute atomic E-state index is 0.344. The summed E-state index contributed by atoms with van der Waals surface area (Å²) >= 11 is 0. The smallest absolute Gasteiger partial charge is 0.328 e. The molecule has 5 nitrogen and oxygen atoms in total. The van der Waals surface area contributed by atoms with Gasteiger partial charge in [-0.1, -0.05) is 0 Å². The van der Waals surface area contributed by atoms with Crippen LogP contribution in [-0.2, 0) is 4.79 Å². The Hall–Kier alpha value is -2.30. The summed E-state index contributed by atoms with van der Waals surface area (Å²) in [6.45, 7) is 2.26. The van der Waals surface area contributed by atoms with Crippen molar-refractivity contribution in [2.24, 2.45) is 0 Å². The number of hydrogen-bond donors (Lipinski definition) is 1. The Balaban J connectivity index is 3.00. The van der Waals surface area contributed by atoms with Gasteiger partial charge in [0, 0.05) is 11.6 Å². The average molecular weight is 250 g/mol. The lowest BCUT2D eigenvalue weighted by Gasteiger charge is -2.09. The maximum atomic E-state index is 11.7. The van der Waals surface area contributed by atoms with Gasteiger partial charge < -0.3 is 14.6 Å². The zero-order chi connectivity index (χ0) is 13.5. The van der Waals surface area contributed by atoms with Gasteiger partial charge in [-0.15, -0.1) is 0 Å². The third kappa shape index (κ3) is 3.62. The largest absolute Gasteiger partial charge is 0.493 e. The quantitative estimate of drug-likeness (QED) is 0.616. The Morgan fingerprint density at radius 3 is 2.56 bits per heavy atom. The van der Waals surface area contributed by atoms with E-state index in [1.807, 2.05) is 6.92 Å². The first-order valence-electron chi connectivity index (χ1n) is 5.34. The second-order valence-electron chi connectivity index (χ2n) is 3.33. The molecule has 96 valence electrons. The molecule has 0 spiro atoms. The molecule has 0 saturated carbocycles. The zero-order valence-electron chi connectivity index (χ0n) is 10.2. The van der Waals surface area contributed by atoms with Gasteiger partial charge >= 0.3 is 5.97 Å². The molecule has 0 aromatic heterocycles. The molecule has 0 amide bonds. The van der Waals surface area contributed by atoms with Crippen LogP contribution in [-0.4, -0.2) is 30.6 Å². The number of allylic oxidation sites excluding steroid dienone is 1. The van der Waals surface area contributed by atoms with Gasteiger partial charge in [0.05, 0.1) is 13.7 Å². The number of carboxylic acid groups (broad SMARTS) is 1. The van der Waals surface area contributed by atoms with Crippen LogP contribution in [0.1, 0.15) is 17.3 Å². The van der Waals surface area contributed by atoms with Gasteiger partial charge in [0.15, 0.2) is 17.3 Å². The molecule has 1 rings (SSSR count). The first kappa shape index (κ1) is 13.8. The molecule has 0 aliphatic carbocycles. The van der Waals surface area contributed by atoms with E-state index < -0.39 is 11.8 Å². The fourth-order valence-corrected chi connectivity index (χ4v) is 1.34. The van der Waals surface area contributed by atoms with Crippen molar-refractivity contribution in [1.29, 1.82) is 0 Å². The van der Waals surface area contributed by atoms with Crippen molar-refractivity contribution in [3.05, 3.63) is 35.9 Å². The highest BCUT2D eigenvalue weighted by molar-refractivity contribution is 6.07. The number of aliphatic carboxylic acids is 1. The van der Waals surface area contributed by atoms with Crippen molar-refractivity contribution in [3.8, 4) is 11.5 Å². The molecule has 1 aromatic carbocycles. The Kier molecular flexibility index (Phi) is 4.92. The number of rotatable bonds is 6. The van der Waals surface area contributed by atoms with E-state index in [-0.39, 0.29) is 0 Å². The van der Waals surface area contributed by atoms with Crippen molar-refractivity contribution < 1.29 is 24.2 Å². The second kappa shape index (κ2) is 6.44. The van der Waals surface area contributed by atoms with Gasteiger partial charge in [-0.05, 0) is 31.2 Å². The van der Waals surface area contributed by atoms with Crippen LogP contribution in [0.3, 0.4) is 0 Å².